The number of pyridine rings is 1. The summed E-state index contributed by atoms with van der Waals surface area (Å²) in [6.45, 7) is 0. The van der Waals surface area contributed by atoms with E-state index in [0.717, 1.165) is 6.42 Å². The molecule has 0 radical (unpaired) electrons. The zero-order valence-corrected chi connectivity index (χ0v) is 23.5. The Hall–Kier alpha value is -4.99. The van der Waals surface area contributed by atoms with Crippen molar-refractivity contribution in [2.45, 2.75) is 16.2 Å². The number of aromatic nitrogens is 2. The highest BCUT2D eigenvalue weighted by Gasteiger charge is 2.27. The molecule has 3 heteroatoms. The van der Waals surface area contributed by atoms with Crippen LogP contribution in [0.2, 0.25) is 0 Å². The number of benzene rings is 5. The Balaban J connectivity index is 1.12. The molecule has 0 spiro atoms. The number of fused-ring (bicyclic) bond motifs is 10. The molecule has 10 rings (SSSR count). The summed E-state index contributed by atoms with van der Waals surface area (Å²) in [6.07, 6.45) is 0.965. The molecule has 0 aliphatic carbocycles. The molecule has 0 saturated carbocycles. The van der Waals surface area contributed by atoms with Crippen molar-refractivity contribution in [3.8, 4) is 16.8 Å². The minimum Gasteiger partial charge on any atom is -0.309 e. The Morgan fingerprint density at radius 1 is 0.500 bits per heavy atom. The monoisotopic (exact) mass is 552 g/mol. The maximum atomic E-state index is 2.49. The van der Waals surface area contributed by atoms with E-state index in [1.165, 1.54) is 86.9 Å². The largest absolute Gasteiger partial charge is 0.309 e. The van der Waals surface area contributed by atoms with Crippen LogP contribution < -0.4 is 0 Å². The van der Waals surface area contributed by atoms with Gasteiger partial charge in [0.05, 0.1) is 27.6 Å². The molecule has 2 nitrogen and oxygen atoms in total. The van der Waals surface area contributed by atoms with Gasteiger partial charge in [0.25, 0.3) is 0 Å². The zero-order valence-electron chi connectivity index (χ0n) is 22.7. The quantitative estimate of drug-likeness (QED) is 0.207. The first-order valence-electron chi connectivity index (χ1n) is 14.5. The van der Waals surface area contributed by atoms with Crippen LogP contribution in [0.5, 0.6) is 0 Å². The van der Waals surface area contributed by atoms with Gasteiger partial charge in [-0.25, -0.2) is 0 Å². The fourth-order valence-electron chi connectivity index (χ4n) is 7.29. The molecule has 0 amide bonds. The van der Waals surface area contributed by atoms with Crippen LogP contribution in [-0.2, 0) is 6.42 Å². The summed E-state index contributed by atoms with van der Waals surface area (Å²) in [7, 11) is 0. The second-order valence-electron chi connectivity index (χ2n) is 11.4. The lowest BCUT2D eigenvalue weighted by atomic mass is 9.98. The highest BCUT2D eigenvalue weighted by Crippen LogP contribution is 2.49. The minimum atomic E-state index is 0.965. The van der Waals surface area contributed by atoms with Gasteiger partial charge in [-0.2, -0.15) is 0 Å². The van der Waals surface area contributed by atoms with Crippen molar-refractivity contribution in [1.82, 2.24) is 8.97 Å². The second-order valence-corrected chi connectivity index (χ2v) is 12.4. The lowest BCUT2D eigenvalue weighted by Crippen LogP contribution is -1.98. The van der Waals surface area contributed by atoms with Gasteiger partial charge in [0.15, 0.2) is 0 Å². The Kier molecular flexibility index (Phi) is 4.47. The maximum absolute atomic E-state index is 2.49. The Labute approximate surface area is 246 Å². The summed E-state index contributed by atoms with van der Waals surface area (Å²) in [6, 6.07) is 49.1. The molecule has 0 bridgehead atoms. The van der Waals surface area contributed by atoms with Crippen LogP contribution in [0.25, 0.3) is 65.9 Å². The molecular weight excluding hydrogens is 529 g/mol. The fourth-order valence-corrected chi connectivity index (χ4v) is 8.52. The molecule has 5 heterocycles. The van der Waals surface area contributed by atoms with Crippen LogP contribution >= 0.6 is 11.8 Å². The van der Waals surface area contributed by atoms with Crippen LogP contribution in [-0.4, -0.2) is 8.97 Å². The molecule has 0 N–H and O–H groups in total. The van der Waals surface area contributed by atoms with E-state index in [2.05, 4.69) is 142 Å². The van der Waals surface area contributed by atoms with E-state index in [0.29, 0.717) is 0 Å². The average Bonchev–Trinajstić information content (AvgIpc) is 3.68. The normalized spacial score (nSPS) is 13.0. The molecule has 0 atom stereocenters. The van der Waals surface area contributed by atoms with Gasteiger partial charge in [-0.3, -0.25) is 0 Å². The lowest BCUT2D eigenvalue weighted by Gasteiger charge is -2.18. The molecule has 5 aromatic carbocycles. The van der Waals surface area contributed by atoms with Gasteiger partial charge in [-0.05, 0) is 70.8 Å². The molecule has 0 unspecified atom stereocenters. The topological polar surface area (TPSA) is 9.34 Å². The number of rotatable bonds is 2. The predicted molar refractivity (Wildman–Crippen MR) is 177 cm³/mol. The van der Waals surface area contributed by atoms with Crippen LogP contribution in [0.4, 0.5) is 0 Å². The van der Waals surface area contributed by atoms with Crippen molar-refractivity contribution in [2.24, 2.45) is 0 Å². The van der Waals surface area contributed by atoms with Gasteiger partial charge in [-0.15, -0.1) is 0 Å². The smallest absolute Gasteiger partial charge is 0.0605 e. The van der Waals surface area contributed by atoms with Crippen molar-refractivity contribution >= 4 is 60.9 Å². The summed E-state index contributed by atoms with van der Waals surface area (Å²) in [5.74, 6) is 0. The molecule has 9 aromatic rings. The standard InChI is InChI=1S/C39H24N2S/c1-2-9-27(10-3-1)40-33-14-7-6-12-29(33)31-21-24(19-20-35(31)40)25-17-18-26-22-32-38-30-13-5-4-11-28(30)34-15-8-16-36(41(34)38)39(32)42-37(26)23-25/h1-21,23H,22H2. The van der Waals surface area contributed by atoms with Gasteiger partial charge >= 0.3 is 0 Å². The first kappa shape index (κ1) is 22.7. The third kappa shape index (κ3) is 2.96. The van der Waals surface area contributed by atoms with Crippen molar-refractivity contribution in [2.75, 3.05) is 0 Å². The minimum absolute atomic E-state index is 0.965. The lowest BCUT2D eigenvalue weighted by molar-refractivity contribution is 1.09. The van der Waals surface area contributed by atoms with Crippen LogP contribution in [0.15, 0.2) is 143 Å². The molecule has 1 aliphatic heterocycles. The van der Waals surface area contributed by atoms with Gasteiger partial charge in [-0.1, -0.05) is 96.7 Å². The van der Waals surface area contributed by atoms with Crippen molar-refractivity contribution in [3.63, 3.8) is 0 Å². The summed E-state index contributed by atoms with van der Waals surface area (Å²) in [5, 5.41) is 5.28. The summed E-state index contributed by atoms with van der Waals surface area (Å²) < 4.78 is 4.87. The Morgan fingerprint density at radius 3 is 2.05 bits per heavy atom. The van der Waals surface area contributed by atoms with E-state index in [1.807, 2.05) is 11.8 Å². The van der Waals surface area contributed by atoms with Crippen LogP contribution in [0, 0.1) is 0 Å². The summed E-state index contributed by atoms with van der Waals surface area (Å²) >= 11 is 1.94. The highest BCUT2D eigenvalue weighted by atomic mass is 32.2. The predicted octanol–water partition coefficient (Wildman–Crippen LogP) is 10.5. The second kappa shape index (κ2) is 8.28. The van der Waals surface area contributed by atoms with E-state index in [1.54, 1.807) is 0 Å². The van der Waals surface area contributed by atoms with Gasteiger partial charge < -0.3 is 8.97 Å². The molecule has 42 heavy (non-hydrogen) atoms. The van der Waals surface area contributed by atoms with Gasteiger partial charge in [0.2, 0.25) is 0 Å². The molecule has 0 saturated heterocycles. The number of nitrogens with zero attached hydrogens (tertiary/aromatic N) is 2. The zero-order chi connectivity index (χ0) is 27.4. The van der Waals surface area contributed by atoms with E-state index < -0.39 is 0 Å². The average molecular weight is 553 g/mol. The maximum Gasteiger partial charge on any atom is 0.0605 e. The van der Waals surface area contributed by atoms with Gasteiger partial charge in [0, 0.05) is 43.4 Å². The number of hydrogen-bond acceptors (Lipinski definition) is 1. The Morgan fingerprint density at radius 2 is 1.17 bits per heavy atom. The third-order valence-corrected chi connectivity index (χ3v) is 10.4. The SMILES string of the molecule is c1ccc(-n2c3ccccc3c3cc(-c4ccc5c(c4)Sc4c(c6c7ccccc7c7cccc4n76)C5)ccc32)cc1. The van der Waals surface area contributed by atoms with E-state index >= 15 is 0 Å². The number of para-hydroxylation sites is 2. The molecule has 196 valence electrons. The van der Waals surface area contributed by atoms with E-state index in [9.17, 15) is 0 Å². The first-order chi connectivity index (χ1) is 20.8. The first-order valence-corrected chi connectivity index (χ1v) is 15.3. The molecule has 4 aromatic heterocycles. The van der Waals surface area contributed by atoms with Crippen molar-refractivity contribution < 1.29 is 0 Å². The van der Waals surface area contributed by atoms with Crippen molar-refractivity contribution in [1.29, 1.82) is 0 Å². The molecule has 1 aliphatic rings. The van der Waals surface area contributed by atoms with E-state index in [-0.39, 0.29) is 0 Å². The van der Waals surface area contributed by atoms with Crippen LogP contribution in [0.1, 0.15) is 11.1 Å². The van der Waals surface area contributed by atoms with E-state index in [4.69, 9.17) is 0 Å². The Bertz CT molecular complexity index is 2520. The highest BCUT2D eigenvalue weighted by molar-refractivity contribution is 7.99. The van der Waals surface area contributed by atoms with Crippen molar-refractivity contribution in [3.05, 3.63) is 145 Å². The molecular formula is C39H24N2S. The number of hydrogen-bond donors (Lipinski definition) is 0. The summed E-state index contributed by atoms with van der Waals surface area (Å²) in [4.78, 5) is 2.78. The summed E-state index contributed by atoms with van der Waals surface area (Å²) in [5.41, 5.74) is 13.1. The van der Waals surface area contributed by atoms with Gasteiger partial charge in [0.1, 0.15) is 0 Å². The molecule has 0 fully saturated rings. The fraction of sp³-hybridized carbons (Fsp3) is 0.0256. The third-order valence-electron chi connectivity index (χ3n) is 9.13. The van der Waals surface area contributed by atoms with Crippen LogP contribution in [0.3, 0.4) is 0 Å².